The Kier molecular flexibility index (Phi) is 2.76. The fraction of sp³-hybridized carbons (Fsp3) is 0.538. The van der Waals surface area contributed by atoms with Gasteiger partial charge in [0.1, 0.15) is 5.82 Å². The average molecular weight is 300 g/mol. The minimum absolute atomic E-state index is 0.207. The van der Waals surface area contributed by atoms with Crippen LogP contribution in [0.3, 0.4) is 0 Å². The number of benzene rings is 1. The molecular weight excluding hydrogens is 285 g/mol. The van der Waals surface area contributed by atoms with E-state index in [2.05, 4.69) is 20.8 Å². The van der Waals surface area contributed by atoms with Gasteiger partial charge in [-0.15, -0.1) is 0 Å². The van der Waals surface area contributed by atoms with Crippen LogP contribution in [0, 0.1) is 11.7 Å². The smallest absolute Gasteiger partial charge is 0.123 e. The lowest BCUT2D eigenvalue weighted by atomic mass is 9.88. The largest absolute Gasteiger partial charge is 0.387 e. The van der Waals surface area contributed by atoms with Gasteiger partial charge in [-0.05, 0) is 42.5 Å². The molecule has 0 bridgehead atoms. The Balaban J connectivity index is 1.63. The summed E-state index contributed by atoms with van der Waals surface area (Å²) in [5, 5.41) is 10.2. The molecular formula is C13H15BrFNO. The van der Waals surface area contributed by atoms with Gasteiger partial charge < -0.3 is 5.11 Å². The molecule has 4 heteroatoms. The quantitative estimate of drug-likeness (QED) is 0.927. The molecule has 1 aliphatic heterocycles. The minimum Gasteiger partial charge on any atom is -0.387 e. The number of rotatable bonds is 3. The van der Waals surface area contributed by atoms with E-state index in [9.17, 15) is 9.50 Å². The third-order valence-electron chi connectivity index (χ3n) is 3.73. The Morgan fingerprint density at radius 2 is 2.12 bits per heavy atom. The van der Waals surface area contributed by atoms with Crippen molar-refractivity contribution in [3.63, 3.8) is 0 Å². The molecule has 0 amide bonds. The molecule has 2 fully saturated rings. The van der Waals surface area contributed by atoms with Crippen molar-refractivity contribution >= 4 is 15.9 Å². The first-order valence-electron chi connectivity index (χ1n) is 5.95. The van der Waals surface area contributed by atoms with E-state index >= 15 is 0 Å². The molecule has 2 nitrogen and oxygen atoms in total. The first-order valence-corrected chi connectivity index (χ1v) is 6.75. The minimum atomic E-state index is -0.459. The summed E-state index contributed by atoms with van der Waals surface area (Å²) >= 11 is 3.43. The SMILES string of the molecule is OC1(C2CC2)CN(Cc2cc(F)ccc2Br)C1. The Hall–Kier alpha value is -0.450. The lowest BCUT2D eigenvalue weighted by Gasteiger charge is -2.47. The van der Waals surface area contributed by atoms with Crippen LogP contribution >= 0.6 is 15.9 Å². The summed E-state index contributed by atoms with van der Waals surface area (Å²) in [6, 6.07) is 4.74. The molecule has 0 radical (unpaired) electrons. The Labute approximate surface area is 109 Å². The molecule has 0 atom stereocenters. The van der Waals surface area contributed by atoms with Crippen molar-refractivity contribution in [3.8, 4) is 0 Å². The summed E-state index contributed by atoms with van der Waals surface area (Å²) in [5.41, 5.74) is 0.489. The maximum absolute atomic E-state index is 13.1. The van der Waals surface area contributed by atoms with Gasteiger partial charge in [0.25, 0.3) is 0 Å². The topological polar surface area (TPSA) is 23.5 Å². The van der Waals surface area contributed by atoms with Gasteiger partial charge in [0.15, 0.2) is 0 Å². The van der Waals surface area contributed by atoms with E-state index in [1.165, 1.54) is 6.07 Å². The molecule has 1 aromatic carbocycles. The number of aliphatic hydroxyl groups is 1. The highest BCUT2D eigenvalue weighted by Crippen LogP contribution is 2.44. The first kappa shape index (κ1) is 11.6. The van der Waals surface area contributed by atoms with E-state index in [0.717, 1.165) is 36.0 Å². The average Bonchev–Trinajstić information content (AvgIpc) is 3.04. The van der Waals surface area contributed by atoms with Gasteiger partial charge in [-0.2, -0.15) is 0 Å². The van der Waals surface area contributed by atoms with Crippen molar-refractivity contribution in [2.75, 3.05) is 13.1 Å². The highest BCUT2D eigenvalue weighted by molar-refractivity contribution is 9.10. The van der Waals surface area contributed by atoms with E-state index in [1.807, 2.05) is 0 Å². The molecule has 0 aromatic heterocycles. The van der Waals surface area contributed by atoms with Crippen LogP contribution < -0.4 is 0 Å². The Morgan fingerprint density at radius 3 is 2.76 bits per heavy atom. The fourth-order valence-corrected chi connectivity index (χ4v) is 3.00. The van der Waals surface area contributed by atoms with Gasteiger partial charge in [0.2, 0.25) is 0 Å². The van der Waals surface area contributed by atoms with Crippen LogP contribution in [-0.4, -0.2) is 28.7 Å². The van der Waals surface area contributed by atoms with Crippen molar-refractivity contribution in [3.05, 3.63) is 34.1 Å². The summed E-state index contributed by atoms with van der Waals surface area (Å²) in [6.07, 6.45) is 2.32. The fourth-order valence-electron chi connectivity index (χ4n) is 2.62. The number of hydrogen-bond acceptors (Lipinski definition) is 2. The van der Waals surface area contributed by atoms with Crippen LogP contribution in [0.4, 0.5) is 4.39 Å². The van der Waals surface area contributed by atoms with E-state index in [1.54, 1.807) is 12.1 Å². The predicted octanol–water partition coefficient (Wildman–Crippen LogP) is 2.54. The zero-order valence-electron chi connectivity index (χ0n) is 9.50. The van der Waals surface area contributed by atoms with Gasteiger partial charge in [0.05, 0.1) is 5.60 Å². The zero-order valence-corrected chi connectivity index (χ0v) is 11.1. The predicted molar refractivity (Wildman–Crippen MR) is 67.1 cm³/mol. The molecule has 92 valence electrons. The van der Waals surface area contributed by atoms with Crippen molar-refractivity contribution in [2.45, 2.75) is 25.0 Å². The second-order valence-corrected chi connectivity index (χ2v) is 6.11. The van der Waals surface area contributed by atoms with Crippen LogP contribution in [0.15, 0.2) is 22.7 Å². The van der Waals surface area contributed by atoms with Crippen molar-refractivity contribution in [1.82, 2.24) is 4.90 Å². The summed E-state index contributed by atoms with van der Waals surface area (Å²) < 4.78 is 14.1. The van der Waals surface area contributed by atoms with Crippen LogP contribution in [0.1, 0.15) is 18.4 Å². The van der Waals surface area contributed by atoms with E-state index in [-0.39, 0.29) is 5.82 Å². The van der Waals surface area contributed by atoms with E-state index in [0.29, 0.717) is 12.5 Å². The molecule has 0 unspecified atom stereocenters. The number of likely N-dealkylation sites (tertiary alicyclic amines) is 1. The summed E-state index contributed by atoms with van der Waals surface area (Å²) in [7, 11) is 0. The lowest BCUT2D eigenvalue weighted by molar-refractivity contribution is -0.116. The summed E-state index contributed by atoms with van der Waals surface area (Å²) in [5.74, 6) is 0.302. The number of halogens is 2. The van der Waals surface area contributed by atoms with Gasteiger partial charge in [-0.25, -0.2) is 4.39 Å². The van der Waals surface area contributed by atoms with Crippen molar-refractivity contribution in [2.24, 2.45) is 5.92 Å². The van der Waals surface area contributed by atoms with Gasteiger partial charge in [-0.3, -0.25) is 4.90 Å². The molecule has 0 spiro atoms. The molecule has 1 aliphatic carbocycles. The highest BCUT2D eigenvalue weighted by Gasteiger charge is 2.51. The summed E-state index contributed by atoms with van der Waals surface area (Å²) in [6.45, 7) is 2.15. The molecule has 1 saturated heterocycles. The number of hydrogen-bond donors (Lipinski definition) is 1. The van der Waals surface area contributed by atoms with Gasteiger partial charge in [-0.1, -0.05) is 15.9 Å². The maximum atomic E-state index is 13.1. The maximum Gasteiger partial charge on any atom is 0.123 e. The second-order valence-electron chi connectivity index (χ2n) is 5.26. The third kappa shape index (κ3) is 2.26. The lowest BCUT2D eigenvalue weighted by Crippen LogP contribution is -2.62. The molecule has 2 aliphatic rings. The van der Waals surface area contributed by atoms with Crippen molar-refractivity contribution in [1.29, 1.82) is 0 Å². The van der Waals surface area contributed by atoms with E-state index < -0.39 is 5.60 Å². The van der Waals surface area contributed by atoms with E-state index in [4.69, 9.17) is 0 Å². The van der Waals surface area contributed by atoms with Crippen LogP contribution in [0.2, 0.25) is 0 Å². The van der Waals surface area contributed by atoms with Crippen LogP contribution in [-0.2, 0) is 6.54 Å². The monoisotopic (exact) mass is 299 g/mol. The molecule has 17 heavy (non-hydrogen) atoms. The van der Waals surface area contributed by atoms with Crippen LogP contribution in [0.25, 0.3) is 0 Å². The number of β-amino-alcohol motifs (C(OH)–C–C–N with tert-alkyl or cyclic N) is 1. The highest BCUT2D eigenvalue weighted by atomic mass is 79.9. The Bertz CT molecular complexity index is 441. The van der Waals surface area contributed by atoms with Gasteiger partial charge in [0, 0.05) is 24.1 Å². The molecule has 1 aromatic rings. The van der Waals surface area contributed by atoms with Crippen molar-refractivity contribution < 1.29 is 9.50 Å². The number of nitrogens with zero attached hydrogens (tertiary/aromatic N) is 1. The zero-order chi connectivity index (χ0) is 12.0. The summed E-state index contributed by atoms with van der Waals surface area (Å²) in [4.78, 5) is 2.16. The molecule has 1 N–H and O–H groups in total. The molecule has 1 heterocycles. The second kappa shape index (κ2) is 4.04. The van der Waals surface area contributed by atoms with Crippen LogP contribution in [0.5, 0.6) is 0 Å². The normalized spacial score (nSPS) is 23.5. The first-order chi connectivity index (χ1) is 8.07. The Morgan fingerprint density at radius 1 is 1.41 bits per heavy atom. The third-order valence-corrected chi connectivity index (χ3v) is 4.51. The standard InChI is InChI=1S/C13H15BrFNO/c14-12-4-3-11(15)5-9(12)6-16-7-13(17,8-16)10-1-2-10/h3-5,10,17H,1-2,6-8H2. The molecule has 3 rings (SSSR count). The molecule has 1 saturated carbocycles. The van der Waals surface area contributed by atoms with Gasteiger partial charge >= 0.3 is 0 Å².